The van der Waals surface area contributed by atoms with Gasteiger partial charge in [-0.2, -0.15) is 13.2 Å². The van der Waals surface area contributed by atoms with Crippen molar-refractivity contribution >= 4 is 5.97 Å². The van der Waals surface area contributed by atoms with E-state index in [4.69, 9.17) is 9.47 Å². The van der Waals surface area contributed by atoms with Gasteiger partial charge >= 0.3 is 12.1 Å². The fraction of sp³-hybridized carbons (Fsp3) is 0.462. The normalized spacial score (nSPS) is 11.2. The number of ether oxygens (including phenoxy) is 2. The highest BCUT2D eigenvalue weighted by molar-refractivity contribution is 5.69. The second kappa shape index (κ2) is 6.45. The molecule has 0 bridgehead atoms. The van der Waals surface area contributed by atoms with Crippen LogP contribution in [-0.4, -0.2) is 19.7 Å². The molecule has 3 nitrogen and oxygen atoms in total. The fourth-order valence-electron chi connectivity index (χ4n) is 1.62. The van der Waals surface area contributed by atoms with Crippen molar-refractivity contribution in [2.24, 2.45) is 0 Å². The molecule has 0 amide bonds. The van der Waals surface area contributed by atoms with Gasteiger partial charge in [0.2, 0.25) is 0 Å². The van der Waals surface area contributed by atoms with Gasteiger partial charge in [-0.25, -0.2) is 0 Å². The summed E-state index contributed by atoms with van der Waals surface area (Å²) >= 11 is 0. The van der Waals surface area contributed by atoms with Gasteiger partial charge in [-0.15, -0.1) is 0 Å². The average molecular weight is 276 g/mol. The maximum Gasteiger partial charge on any atom is 0.416 e. The number of rotatable bonds is 5. The summed E-state index contributed by atoms with van der Waals surface area (Å²) in [5.41, 5.74) is -0.419. The predicted molar refractivity (Wildman–Crippen MR) is 63.0 cm³/mol. The summed E-state index contributed by atoms with van der Waals surface area (Å²) < 4.78 is 47.5. The van der Waals surface area contributed by atoms with Gasteiger partial charge in [-0.1, -0.05) is 0 Å². The van der Waals surface area contributed by atoms with Crippen molar-refractivity contribution in [3.63, 3.8) is 0 Å². The van der Waals surface area contributed by atoms with Crippen LogP contribution in [0.3, 0.4) is 0 Å². The van der Waals surface area contributed by atoms with E-state index in [0.717, 1.165) is 12.1 Å². The van der Waals surface area contributed by atoms with Crippen LogP contribution in [0.2, 0.25) is 0 Å². The minimum absolute atomic E-state index is 0.0194. The third-order valence-corrected chi connectivity index (χ3v) is 2.51. The minimum atomic E-state index is -4.41. The summed E-state index contributed by atoms with van der Waals surface area (Å²) in [6.07, 6.45) is -4.25. The molecule has 0 unspecified atom stereocenters. The third kappa shape index (κ3) is 4.46. The zero-order valence-corrected chi connectivity index (χ0v) is 10.7. The van der Waals surface area contributed by atoms with E-state index in [1.165, 1.54) is 13.2 Å². The fourth-order valence-corrected chi connectivity index (χ4v) is 1.62. The Bertz CT molecular complexity index is 441. The predicted octanol–water partition coefficient (Wildman–Crippen LogP) is 3.21. The van der Waals surface area contributed by atoms with Crippen LogP contribution in [-0.2, 0) is 22.1 Å². The Labute approximate surface area is 109 Å². The van der Waals surface area contributed by atoms with E-state index in [2.05, 4.69) is 0 Å². The van der Waals surface area contributed by atoms with Gasteiger partial charge in [-0.3, -0.25) is 4.79 Å². The molecule has 0 atom stereocenters. The highest BCUT2D eigenvalue weighted by Gasteiger charge is 2.31. The zero-order chi connectivity index (χ0) is 14.5. The first-order valence-electron chi connectivity index (χ1n) is 5.78. The Morgan fingerprint density at radius 1 is 1.32 bits per heavy atom. The van der Waals surface area contributed by atoms with Crippen LogP contribution in [0.4, 0.5) is 13.2 Å². The van der Waals surface area contributed by atoms with Crippen molar-refractivity contribution in [2.75, 3.05) is 13.7 Å². The summed E-state index contributed by atoms with van der Waals surface area (Å²) in [6, 6.07) is 3.20. The van der Waals surface area contributed by atoms with Gasteiger partial charge < -0.3 is 9.47 Å². The molecule has 0 aliphatic carbocycles. The highest BCUT2D eigenvalue weighted by Crippen LogP contribution is 2.32. The molecule has 19 heavy (non-hydrogen) atoms. The van der Waals surface area contributed by atoms with Gasteiger partial charge in [0.05, 0.1) is 19.3 Å². The van der Waals surface area contributed by atoms with E-state index < -0.39 is 17.7 Å². The van der Waals surface area contributed by atoms with Crippen LogP contribution in [0, 0.1) is 0 Å². The molecule has 1 rings (SSSR count). The Hall–Kier alpha value is -1.72. The van der Waals surface area contributed by atoms with Crippen molar-refractivity contribution in [2.45, 2.75) is 25.9 Å². The van der Waals surface area contributed by atoms with Crippen LogP contribution in [0.5, 0.6) is 5.75 Å². The minimum Gasteiger partial charge on any atom is -0.496 e. The molecule has 0 N–H and O–H groups in total. The first-order valence-corrected chi connectivity index (χ1v) is 5.78. The molecule has 0 aliphatic heterocycles. The molecular formula is C13H15F3O3. The lowest BCUT2D eigenvalue weighted by Gasteiger charge is -2.12. The number of hydrogen-bond acceptors (Lipinski definition) is 3. The number of hydrogen-bond donors (Lipinski definition) is 0. The first kappa shape index (κ1) is 15.3. The molecule has 0 radical (unpaired) electrons. The van der Waals surface area contributed by atoms with Crippen LogP contribution in [0.1, 0.15) is 24.5 Å². The Morgan fingerprint density at radius 2 is 2.00 bits per heavy atom. The van der Waals surface area contributed by atoms with E-state index in [-0.39, 0.29) is 19.4 Å². The quantitative estimate of drug-likeness (QED) is 0.775. The molecule has 1 aromatic rings. The summed E-state index contributed by atoms with van der Waals surface area (Å²) in [5, 5.41) is 0. The van der Waals surface area contributed by atoms with Crippen LogP contribution < -0.4 is 4.74 Å². The monoisotopic (exact) mass is 276 g/mol. The average Bonchev–Trinajstić information content (AvgIpc) is 2.35. The maximum absolute atomic E-state index is 12.6. The van der Waals surface area contributed by atoms with Gasteiger partial charge in [-0.05, 0) is 37.1 Å². The lowest BCUT2D eigenvalue weighted by atomic mass is 10.0. The summed E-state index contributed by atoms with van der Waals surface area (Å²) in [5.74, 6) is -0.112. The largest absolute Gasteiger partial charge is 0.496 e. The molecule has 1 aromatic carbocycles. The molecule has 0 spiro atoms. The summed E-state index contributed by atoms with van der Waals surface area (Å²) in [7, 11) is 1.37. The van der Waals surface area contributed by atoms with Crippen molar-refractivity contribution in [1.29, 1.82) is 0 Å². The van der Waals surface area contributed by atoms with Crippen LogP contribution in [0.25, 0.3) is 0 Å². The topological polar surface area (TPSA) is 35.5 Å². The van der Waals surface area contributed by atoms with E-state index in [0.29, 0.717) is 11.3 Å². The van der Waals surface area contributed by atoms with E-state index in [9.17, 15) is 18.0 Å². The molecular weight excluding hydrogens is 261 g/mol. The van der Waals surface area contributed by atoms with Gasteiger partial charge in [0.1, 0.15) is 5.75 Å². The molecule has 0 aliphatic rings. The van der Waals surface area contributed by atoms with E-state index >= 15 is 0 Å². The zero-order valence-electron chi connectivity index (χ0n) is 10.7. The molecule has 6 heteroatoms. The SMILES string of the molecule is CCOC(=O)CCc1cc(C(F)(F)F)ccc1OC. The molecule has 106 valence electrons. The molecule has 0 fully saturated rings. The molecule has 0 aromatic heterocycles. The van der Waals surface area contributed by atoms with Crippen LogP contribution >= 0.6 is 0 Å². The van der Waals surface area contributed by atoms with Gasteiger partial charge in [0.25, 0.3) is 0 Å². The number of alkyl halides is 3. The van der Waals surface area contributed by atoms with Crippen molar-refractivity contribution in [3.05, 3.63) is 29.3 Å². The number of esters is 1. The number of carbonyl (C=O) groups excluding carboxylic acids is 1. The van der Waals surface area contributed by atoms with Crippen LogP contribution in [0.15, 0.2) is 18.2 Å². The van der Waals surface area contributed by atoms with E-state index in [1.807, 2.05) is 0 Å². The molecule has 0 saturated heterocycles. The van der Waals surface area contributed by atoms with Gasteiger partial charge in [0.15, 0.2) is 0 Å². The molecule has 0 heterocycles. The third-order valence-electron chi connectivity index (χ3n) is 2.51. The Kier molecular flexibility index (Phi) is 5.20. The number of carbonyl (C=O) groups is 1. The lowest BCUT2D eigenvalue weighted by Crippen LogP contribution is -2.08. The summed E-state index contributed by atoms with van der Waals surface area (Å²) in [6.45, 7) is 1.92. The maximum atomic E-state index is 12.6. The molecule has 0 saturated carbocycles. The number of methoxy groups -OCH3 is 1. The van der Waals surface area contributed by atoms with Crippen molar-refractivity contribution < 1.29 is 27.4 Å². The first-order chi connectivity index (χ1) is 8.88. The second-order valence-corrected chi connectivity index (χ2v) is 3.83. The smallest absolute Gasteiger partial charge is 0.416 e. The van der Waals surface area contributed by atoms with E-state index in [1.54, 1.807) is 6.92 Å². The summed E-state index contributed by atoms with van der Waals surface area (Å²) in [4.78, 5) is 11.2. The standard InChI is InChI=1S/C13H15F3O3/c1-3-19-12(17)7-4-9-8-10(13(14,15)16)5-6-11(9)18-2/h5-6,8H,3-4,7H2,1-2H3. The second-order valence-electron chi connectivity index (χ2n) is 3.83. The van der Waals surface area contributed by atoms with Crippen molar-refractivity contribution in [1.82, 2.24) is 0 Å². The number of aryl methyl sites for hydroxylation is 1. The Balaban J connectivity index is 2.88. The number of benzene rings is 1. The van der Waals surface area contributed by atoms with Gasteiger partial charge in [0, 0.05) is 6.42 Å². The number of halogens is 3. The van der Waals surface area contributed by atoms with Crippen molar-refractivity contribution in [3.8, 4) is 5.75 Å². The lowest BCUT2D eigenvalue weighted by molar-refractivity contribution is -0.143. The highest BCUT2D eigenvalue weighted by atomic mass is 19.4. The Morgan fingerprint density at radius 3 is 2.53 bits per heavy atom.